The maximum Gasteiger partial charge on any atom is 0.254 e. The van der Waals surface area contributed by atoms with Crippen molar-refractivity contribution in [3.63, 3.8) is 0 Å². The van der Waals surface area contributed by atoms with Gasteiger partial charge in [0.25, 0.3) is 11.8 Å². The predicted molar refractivity (Wildman–Crippen MR) is 276 cm³/mol. The van der Waals surface area contributed by atoms with Gasteiger partial charge in [-0.1, -0.05) is 114 Å². The molecule has 2 heterocycles. The van der Waals surface area contributed by atoms with E-state index in [0.29, 0.717) is 42.0 Å². The number of amides is 2. The third kappa shape index (κ3) is 13.5. The van der Waals surface area contributed by atoms with Crippen molar-refractivity contribution in [1.29, 1.82) is 0 Å². The molecule has 0 aliphatic heterocycles. The number of carbonyl (C=O) groups excluding carboxylic acids is 2. The van der Waals surface area contributed by atoms with E-state index >= 15 is 4.39 Å². The maximum atomic E-state index is 15.0. The fourth-order valence-electron chi connectivity index (χ4n) is 8.63. The van der Waals surface area contributed by atoms with Gasteiger partial charge in [0.15, 0.2) is 8.32 Å². The molecule has 12 nitrogen and oxygen atoms in total. The van der Waals surface area contributed by atoms with Gasteiger partial charge in [0, 0.05) is 42.2 Å². The second kappa shape index (κ2) is 23.5. The van der Waals surface area contributed by atoms with Crippen LogP contribution in [-0.2, 0) is 17.5 Å². The summed E-state index contributed by atoms with van der Waals surface area (Å²) in [6, 6.07) is 27.7. The zero-order chi connectivity index (χ0) is 49.3. The highest BCUT2D eigenvalue weighted by Gasteiger charge is 2.40. The van der Waals surface area contributed by atoms with Crippen molar-refractivity contribution >= 4 is 31.8 Å². The molecule has 0 radical (unpaired) electrons. The minimum absolute atomic E-state index is 0. The van der Waals surface area contributed by atoms with Crippen molar-refractivity contribution in [3.05, 3.63) is 155 Å². The van der Waals surface area contributed by atoms with Crippen LogP contribution >= 0.6 is 0 Å². The first-order valence-electron chi connectivity index (χ1n) is 23.8. The van der Waals surface area contributed by atoms with Crippen LogP contribution in [0.4, 0.5) is 20.4 Å². The SMILES string of the molecule is C.CC(C)(C)[Si](C)(C)O[C@@H]1CCC[C@H](c2cnc(N)c(-c3ccc(C(=O)NCc4ccccc4)c(F)c3)n2)C1.Nc1ncc([C@H]2CCC[C@@H](O)C2)nc1-c1ccc(C(=O)NCc2ccccc2)c(F)c1. The number of nitrogen functional groups attached to an aromatic ring is 2. The molecule has 2 fully saturated rings. The molecule has 2 aliphatic carbocycles. The highest BCUT2D eigenvalue weighted by molar-refractivity contribution is 6.74. The second-order valence-electron chi connectivity index (χ2n) is 19.7. The second-order valence-corrected chi connectivity index (χ2v) is 24.4. The summed E-state index contributed by atoms with van der Waals surface area (Å²) in [5.41, 5.74) is 17.4. The van der Waals surface area contributed by atoms with Gasteiger partial charge < -0.3 is 31.6 Å². The number of benzene rings is 4. The Bertz CT molecular complexity index is 2720. The predicted octanol–water partition coefficient (Wildman–Crippen LogP) is 11.3. The normalized spacial score (nSPS) is 18.1. The number of nitrogens with two attached hydrogens (primary N) is 2. The standard InChI is InChI=1S/C30H39FN4O2Si.C24H25FN4O2.CH4/c1-30(2,3)38(4,5)37-23-13-9-12-21(16-23)26-19-33-28(32)27(35-26)22-14-15-24(25(31)17-22)29(36)34-18-20-10-7-6-8-11-20;25-20-12-17(9-10-19(20)24(31)28-13-15-5-2-1-3-6-15)22-23(26)27-14-21(29-22)16-7-4-8-18(30)11-16;/h6-8,10-11,14-15,17,19,21,23H,9,12-13,16,18H2,1-5H3,(H2,32,33)(H,34,36);1-3,5-6,9-10,12,14,16,18,30H,4,7-8,11,13H2,(H2,26,27)(H,28,31);1H4/t21-,23+;16-,18+;/m00./s1. The summed E-state index contributed by atoms with van der Waals surface area (Å²) < 4.78 is 36.5. The average Bonchev–Trinajstić information content (AvgIpc) is 3.33. The van der Waals surface area contributed by atoms with Crippen LogP contribution in [0.2, 0.25) is 18.1 Å². The van der Waals surface area contributed by atoms with E-state index in [-0.39, 0.29) is 59.3 Å². The van der Waals surface area contributed by atoms with Crippen LogP contribution in [0, 0.1) is 11.6 Å². The Morgan fingerprint density at radius 1 is 0.686 bits per heavy atom. The summed E-state index contributed by atoms with van der Waals surface area (Å²) in [6.45, 7) is 12.0. The van der Waals surface area contributed by atoms with Gasteiger partial charge in [0.2, 0.25) is 0 Å². The lowest BCUT2D eigenvalue weighted by atomic mass is 9.85. The van der Waals surface area contributed by atoms with Gasteiger partial charge >= 0.3 is 0 Å². The van der Waals surface area contributed by atoms with Gasteiger partial charge in [-0.3, -0.25) is 9.59 Å². The van der Waals surface area contributed by atoms with Crippen LogP contribution in [0.25, 0.3) is 22.5 Å². The molecule has 4 aromatic carbocycles. The van der Waals surface area contributed by atoms with E-state index in [0.717, 1.165) is 67.5 Å². The number of hydrogen-bond acceptors (Lipinski definition) is 10. The molecule has 2 saturated carbocycles. The van der Waals surface area contributed by atoms with Gasteiger partial charge in [-0.05, 0) is 92.0 Å². The first-order valence-corrected chi connectivity index (χ1v) is 26.7. The van der Waals surface area contributed by atoms with Crippen LogP contribution in [-0.4, -0.2) is 57.4 Å². The van der Waals surface area contributed by atoms with Crippen molar-refractivity contribution in [2.45, 2.75) is 135 Å². The summed E-state index contributed by atoms with van der Waals surface area (Å²) >= 11 is 0. The fourth-order valence-corrected chi connectivity index (χ4v) is 10.0. The number of aliphatic hydroxyl groups is 1. The number of aliphatic hydroxyl groups excluding tert-OH is 1. The molecule has 4 atom stereocenters. The molecule has 15 heteroatoms. The third-order valence-corrected chi connectivity index (χ3v) is 18.1. The molecule has 2 aromatic heterocycles. The largest absolute Gasteiger partial charge is 0.414 e. The van der Waals surface area contributed by atoms with E-state index in [9.17, 15) is 19.1 Å². The molecule has 0 spiro atoms. The molecular formula is C55H68F2N8O4Si. The van der Waals surface area contributed by atoms with E-state index in [1.165, 1.54) is 24.3 Å². The summed E-state index contributed by atoms with van der Waals surface area (Å²) in [4.78, 5) is 43.1. The van der Waals surface area contributed by atoms with E-state index in [1.54, 1.807) is 24.5 Å². The molecule has 0 unspecified atom stereocenters. The van der Waals surface area contributed by atoms with Crippen LogP contribution < -0.4 is 22.1 Å². The number of nitrogens with zero attached hydrogens (tertiary/aromatic N) is 4. The summed E-state index contributed by atoms with van der Waals surface area (Å²) in [7, 11) is -1.87. The van der Waals surface area contributed by atoms with Crippen molar-refractivity contribution in [2.24, 2.45) is 0 Å². The Hall–Kier alpha value is -6.42. The third-order valence-electron chi connectivity index (χ3n) is 13.6. The van der Waals surface area contributed by atoms with Crippen LogP contribution in [0.1, 0.15) is 135 Å². The first kappa shape index (κ1) is 52.9. The molecule has 6 aromatic rings. The molecule has 7 N–H and O–H groups in total. The summed E-state index contributed by atoms with van der Waals surface area (Å²) in [5, 5.41) is 15.6. The number of nitrogens with one attached hydrogen (secondary N) is 2. The van der Waals surface area contributed by atoms with Gasteiger partial charge in [0.05, 0.1) is 41.0 Å². The maximum absolute atomic E-state index is 15.0. The number of aromatic nitrogens is 4. The Morgan fingerprint density at radius 2 is 1.13 bits per heavy atom. The molecule has 70 heavy (non-hydrogen) atoms. The van der Waals surface area contributed by atoms with Crippen molar-refractivity contribution in [3.8, 4) is 22.5 Å². The quantitative estimate of drug-likeness (QED) is 0.0738. The average molecular weight is 971 g/mol. The van der Waals surface area contributed by atoms with Crippen molar-refractivity contribution in [2.75, 3.05) is 11.5 Å². The van der Waals surface area contributed by atoms with Crippen molar-refractivity contribution in [1.82, 2.24) is 30.6 Å². The number of halogens is 2. The molecule has 370 valence electrons. The van der Waals surface area contributed by atoms with E-state index in [4.69, 9.17) is 20.9 Å². The van der Waals surface area contributed by atoms with Gasteiger partial charge in [-0.15, -0.1) is 0 Å². The number of carbonyl (C=O) groups is 2. The molecule has 0 saturated heterocycles. The minimum atomic E-state index is -1.87. The first-order chi connectivity index (χ1) is 33.0. The molecule has 2 aliphatic rings. The van der Waals surface area contributed by atoms with Crippen LogP contribution in [0.3, 0.4) is 0 Å². The highest BCUT2D eigenvalue weighted by atomic mass is 28.4. The Labute approximate surface area is 412 Å². The van der Waals surface area contributed by atoms with Gasteiger partial charge in [-0.25, -0.2) is 28.7 Å². The van der Waals surface area contributed by atoms with Crippen LogP contribution in [0.15, 0.2) is 109 Å². The Balaban J connectivity index is 0.000000231. The van der Waals surface area contributed by atoms with Crippen LogP contribution in [0.5, 0.6) is 0 Å². The smallest absolute Gasteiger partial charge is 0.254 e. The minimum Gasteiger partial charge on any atom is -0.414 e. The number of hydrogen-bond donors (Lipinski definition) is 5. The molecule has 0 bridgehead atoms. The van der Waals surface area contributed by atoms with Gasteiger partial charge in [0.1, 0.15) is 34.7 Å². The summed E-state index contributed by atoms with van der Waals surface area (Å²) in [6.07, 6.45) is 10.5. The number of rotatable bonds is 12. The zero-order valence-corrected chi connectivity index (χ0v) is 41.1. The molecule has 8 rings (SSSR count). The lowest BCUT2D eigenvalue weighted by molar-refractivity contribution is 0.0938. The lowest BCUT2D eigenvalue weighted by Crippen LogP contribution is -2.44. The Morgan fingerprint density at radius 3 is 1.56 bits per heavy atom. The fraction of sp³-hybridized carbons (Fsp3) is 0.382. The topological polar surface area (TPSA) is 191 Å². The summed E-state index contributed by atoms with van der Waals surface area (Å²) in [5.74, 6) is -1.50. The van der Waals surface area contributed by atoms with Gasteiger partial charge in [-0.2, -0.15) is 0 Å². The van der Waals surface area contributed by atoms with E-state index in [2.05, 4.69) is 59.5 Å². The highest BCUT2D eigenvalue weighted by Crippen LogP contribution is 2.42. The molecular weight excluding hydrogens is 903 g/mol. The zero-order valence-electron chi connectivity index (χ0n) is 40.1. The van der Waals surface area contributed by atoms with Crippen molar-refractivity contribution < 1.29 is 27.9 Å². The van der Waals surface area contributed by atoms with E-state index in [1.807, 2.05) is 60.7 Å². The lowest BCUT2D eigenvalue weighted by Gasteiger charge is -2.41. The monoisotopic (exact) mass is 971 g/mol. The number of anilines is 2. The Kier molecular flexibility index (Phi) is 17.7. The molecule has 2 amide bonds. The van der Waals surface area contributed by atoms with E-state index < -0.39 is 31.8 Å².